The zero-order valence-electron chi connectivity index (χ0n) is 30.4. The lowest BCUT2D eigenvalue weighted by molar-refractivity contribution is -0.124. The molecule has 0 bridgehead atoms. The van der Waals surface area contributed by atoms with Crippen molar-refractivity contribution in [3.05, 3.63) is 108 Å². The van der Waals surface area contributed by atoms with E-state index in [9.17, 15) is 4.79 Å². The number of rotatable bonds is 32. The van der Waals surface area contributed by atoms with Gasteiger partial charge in [0.1, 0.15) is 11.8 Å². The quantitative estimate of drug-likeness (QED) is 0.0233. The number of unbranched alkanes of at least 4 members (excludes halogenated alkanes) is 8. The molecule has 264 valence electrons. The monoisotopic (exact) mass is 655 g/mol. The summed E-state index contributed by atoms with van der Waals surface area (Å²) in [6.45, 7) is 4.46. The Morgan fingerprint density at radius 2 is 0.708 bits per heavy atom. The van der Waals surface area contributed by atoms with Crippen LogP contribution in [0.1, 0.15) is 142 Å². The summed E-state index contributed by atoms with van der Waals surface area (Å²) >= 11 is 0. The molecule has 0 heterocycles. The summed E-state index contributed by atoms with van der Waals surface area (Å²) in [5.74, 6) is -1.06. The highest BCUT2D eigenvalue weighted by Gasteiger charge is 2.29. The van der Waals surface area contributed by atoms with E-state index in [0.717, 1.165) is 64.2 Å². The lowest BCUT2D eigenvalue weighted by Gasteiger charge is -2.11. The van der Waals surface area contributed by atoms with Gasteiger partial charge < -0.3 is 11.1 Å². The maximum atomic E-state index is 13.2. The minimum atomic E-state index is -0.499. The third-order valence-corrected chi connectivity index (χ3v) is 7.91. The van der Waals surface area contributed by atoms with Crippen LogP contribution in [0.3, 0.4) is 0 Å². The number of Topliss-reactive ketones (excluding diaryl/α,β-unsaturated/α-hetero) is 1. The van der Waals surface area contributed by atoms with Crippen molar-refractivity contribution in [2.24, 2.45) is 11.8 Å². The van der Waals surface area contributed by atoms with Crippen LogP contribution in [0, 0.1) is 11.8 Å². The van der Waals surface area contributed by atoms with Crippen LogP contribution in [-0.4, -0.2) is 27.8 Å². The highest BCUT2D eigenvalue weighted by atomic mass is 16.1. The smallest absolute Gasteiger partial charge is 0.267 e. The molecule has 0 aliphatic carbocycles. The van der Waals surface area contributed by atoms with Gasteiger partial charge in [-0.1, -0.05) is 137 Å². The Morgan fingerprint density at radius 1 is 0.438 bits per heavy atom. The zero-order valence-corrected chi connectivity index (χ0v) is 30.4. The molecule has 0 saturated heterocycles. The molecule has 0 aromatic carbocycles. The first kappa shape index (κ1) is 44.4. The molecule has 0 aromatic rings. The van der Waals surface area contributed by atoms with E-state index in [4.69, 9.17) is 11.1 Å². The van der Waals surface area contributed by atoms with Gasteiger partial charge in [0.15, 0.2) is 5.78 Å². The minimum absolute atomic E-state index is 0.0653. The van der Waals surface area contributed by atoms with E-state index in [1.807, 2.05) is 0 Å². The van der Waals surface area contributed by atoms with Crippen LogP contribution in [-0.2, 0) is 4.79 Å². The number of allylic oxidation sites excluding steroid dienone is 16. The van der Waals surface area contributed by atoms with Gasteiger partial charge in [-0.2, -0.15) is 9.58 Å². The maximum absolute atomic E-state index is 13.2. The third-order valence-electron chi connectivity index (χ3n) is 7.91. The molecule has 5 heteroatoms. The summed E-state index contributed by atoms with van der Waals surface area (Å²) in [4.78, 5) is 19.5. The molecule has 0 spiro atoms. The number of hydrogen-bond donors (Lipinski definition) is 0. The fourth-order valence-corrected chi connectivity index (χ4v) is 5.05. The van der Waals surface area contributed by atoms with Gasteiger partial charge in [-0.25, -0.2) is 0 Å². The molecule has 2 unspecified atom stereocenters. The third kappa shape index (κ3) is 31.0. The first-order chi connectivity index (χ1) is 23.7. The van der Waals surface area contributed by atoms with Crippen LogP contribution in [0.15, 0.2) is 97.2 Å². The predicted octanol–water partition coefficient (Wildman–Crippen LogP) is 12.7. The van der Waals surface area contributed by atoms with E-state index in [1.165, 1.54) is 63.8 Å². The Hall–Kier alpha value is -3.65. The number of nitrogens with zero attached hydrogens (tertiary/aromatic N) is 4. The summed E-state index contributed by atoms with van der Waals surface area (Å²) in [6.07, 6.45) is 58.1. The number of carbonyl (C=O) groups excluding carboxylic acids is 1. The molecule has 0 aliphatic heterocycles. The van der Waals surface area contributed by atoms with Gasteiger partial charge in [0.2, 0.25) is 0 Å². The Bertz CT molecular complexity index is 1020. The van der Waals surface area contributed by atoms with Gasteiger partial charge in [0.25, 0.3) is 12.4 Å². The van der Waals surface area contributed by atoms with Crippen molar-refractivity contribution >= 4 is 18.2 Å². The highest BCUT2D eigenvalue weighted by molar-refractivity contribution is 6.02. The summed E-state index contributed by atoms with van der Waals surface area (Å²) in [7, 11) is 0. The van der Waals surface area contributed by atoms with Crippen LogP contribution >= 0.6 is 0 Å². The average molecular weight is 655 g/mol. The van der Waals surface area contributed by atoms with Crippen molar-refractivity contribution in [2.45, 2.75) is 142 Å². The van der Waals surface area contributed by atoms with E-state index in [-0.39, 0.29) is 5.78 Å². The second kappa shape index (κ2) is 37.8. The van der Waals surface area contributed by atoms with Crippen molar-refractivity contribution in [3.8, 4) is 0 Å². The predicted molar refractivity (Wildman–Crippen MR) is 208 cm³/mol. The molecule has 0 rings (SSSR count). The SMILES string of the molecule is CCCCCC=CCC=CCC=CCC=CCCCC(C=[N+]=[N-])C(=O)C(C=[N+]=[N-])CCCC=CCC=CCC=CCC=CCCCCC. The van der Waals surface area contributed by atoms with Crippen molar-refractivity contribution in [1.82, 2.24) is 0 Å². The summed E-state index contributed by atoms with van der Waals surface area (Å²) in [5, 5.41) is 0. The molecule has 2 atom stereocenters. The van der Waals surface area contributed by atoms with Crippen molar-refractivity contribution in [2.75, 3.05) is 0 Å². The van der Waals surface area contributed by atoms with Gasteiger partial charge in [-0.3, -0.25) is 4.79 Å². The summed E-state index contributed by atoms with van der Waals surface area (Å²) in [6, 6.07) is 0. The molecule has 0 N–H and O–H groups in total. The fraction of sp³-hybridized carbons (Fsp3) is 0.558. The van der Waals surface area contributed by atoms with Crippen LogP contribution in [0.5, 0.6) is 0 Å². The molecule has 0 fully saturated rings. The van der Waals surface area contributed by atoms with Crippen LogP contribution in [0.25, 0.3) is 11.1 Å². The van der Waals surface area contributed by atoms with E-state index in [1.54, 1.807) is 0 Å². The molecule has 0 aromatic heterocycles. The van der Waals surface area contributed by atoms with Crippen molar-refractivity contribution in [1.29, 1.82) is 0 Å². The molecule has 0 radical (unpaired) electrons. The highest BCUT2D eigenvalue weighted by Crippen LogP contribution is 2.17. The Kier molecular flexibility index (Phi) is 34.9. The molecule has 48 heavy (non-hydrogen) atoms. The molecule has 5 nitrogen and oxygen atoms in total. The van der Waals surface area contributed by atoms with Gasteiger partial charge >= 0.3 is 0 Å². The first-order valence-electron chi connectivity index (χ1n) is 18.8. The van der Waals surface area contributed by atoms with Crippen LogP contribution < -0.4 is 0 Å². The lowest BCUT2D eigenvalue weighted by Crippen LogP contribution is -2.26. The average Bonchev–Trinajstić information content (AvgIpc) is 3.09. The normalized spacial score (nSPS) is 13.7. The fourth-order valence-electron chi connectivity index (χ4n) is 5.05. The first-order valence-corrected chi connectivity index (χ1v) is 18.8. The van der Waals surface area contributed by atoms with E-state index in [0.29, 0.717) is 12.8 Å². The standard InChI is InChI=1S/C43H66N4O/c1-3-5-7-9-11-13-15-17-19-21-23-25-27-29-31-33-35-37-41(39-46-44)43(48)42(40-47-45)38-36-34-32-30-28-26-24-22-20-18-16-14-12-10-8-6-4-2/h11-14,17-20,23-26,29-32,39-42H,3-10,15-16,21-22,27-28,33-38H2,1-2H3. The van der Waals surface area contributed by atoms with Gasteiger partial charge in [-0.05, 0) is 103 Å². The molecular formula is C43H66N4O. The van der Waals surface area contributed by atoms with E-state index >= 15 is 0 Å². The van der Waals surface area contributed by atoms with Gasteiger partial charge in [-0.15, -0.1) is 0 Å². The second-order valence-corrected chi connectivity index (χ2v) is 12.2. The van der Waals surface area contributed by atoms with E-state index in [2.05, 4.69) is 121 Å². The van der Waals surface area contributed by atoms with Crippen LogP contribution in [0.4, 0.5) is 0 Å². The van der Waals surface area contributed by atoms with Gasteiger partial charge in [0.05, 0.1) is 0 Å². The number of hydrogen-bond acceptors (Lipinski definition) is 1. The van der Waals surface area contributed by atoms with Crippen molar-refractivity contribution in [3.63, 3.8) is 0 Å². The largest absolute Gasteiger partial charge is 0.362 e. The Balaban J connectivity index is 4.26. The van der Waals surface area contributed by atoms with Crippen molar-refractivity contribution < 1.29 is 14.4 Å². The summed E-state index contributed by atoms with van der Waals surface area (Å²) < 4.78 is 0. The minimum Gasteiger partial charge on any atom is -0.362 e. The molecular weight excluding hydrogens is 589 g/mol. The molecule has 0 amide bonds. The molecule has 0 aliphatic rings. The second-order valence-electron chi connectivity index (χ2n) is 12.2. The number of ketones is 1. The Morgan fingerprint density at radius 3 is 0.979 bits per heavy atom. The van der Waals surface area contributed by atoms with Crippen LogP contribution in [0.2, 0.25) is 0 Å². The van der Waals surface area contributed by atoms with E-state index < -0.39 is 11.8 Å². The lowest BCUT2D eigenvalue weighted by atomic mass is 9.87. The summed E-state index contributed by atoms with van der Waals surface area (Å²) in [5.41, 5.74) is 18.3. The maximum Gasteiger partial charge on any atom is 0.267 e. The zero-order chi connectivity index (χ0) is 35.0. The Labute approximate surface area is 294 Å². The topological polar surface area (TPSA) is 89.9 Å². The molecule has 0 saturated carbocycles. The number of carbonyl (C=O) groups is 1. The van der Waals surface area contributed by atoms with Gasteiger partial charge in [0, 0.05) is 0 Å².